The summed E-state index contributed by atoms with van der Waals surface area (Å²) in [4.78, 5) is 12.2. The summed E-state index contributed by atoms with van der Waals surface area (Å²) in [5.41, 5.74) is 0.483. The van der Waals surface area contributed by atoms with Crippen LogP contribution in [0.5, 0.6) is 0 Å². The number of carbonyl (C=O) groups is 1. The molecule has 1 aromatic rings. The average Bonchev–Trinajstić information content (AvgIpc) is 2.43. The Morgan fingerprint density at radius 2 is 2.19 bits per heavy atom. The highest BCUT2D eigenvalue weighted by Gasteiger charge is 2.29. The number of ether oxygens (including phenoxy) is 1. The minimum atomic E-state index is -0.565. The molecule has 1 aliphatic heterocycles. The summed E-state index contributed by atoms with van der Waals surface area (Å²) in [6.45, 7) is 4.76. The minimum absolute atomic E-state index is 0.0433. The van der Waals surface area contributed by atoms with Gasteiger partial charge in [-0.2, -0.15) is 0 Å². The van der Waals surface area contributed by atoms with E-state index in [9.17, 15) is 9.18 Å². The van der Waals surface area contributed by atoms with Gasteiger partial charge in [0.25, 0.3) is 0 Å². The number of morpholine rings is 1. The lowest BCUT2D eigenvalue weighted by molar-refractivity contribution is -0.129. The van der Waals surface area contributed by atoms with Crippen LogP contribution in [0.3, 0.4) is 0 Å². The van der Waals surface area contributed by atoms with Crippen LogP contribution >= 0.6 is 23.2 Å². The number of nitrogens with one attached hydrogen (secondary N) is 2. The summed E-state index contributed by atoms with van der Waals surface area (Å²) in [6.07, 6.45) is -0.219. The van der Waals surface area contributed by atoms with Crippen LogP contribution in [0.15, 0.2) is 12.1 Å². The Kier molecular flexibility index (Phi) is 5.43. The predicted octanol–water partition coefficient (Wildman–Crippen LogP) is 2.69. The largest absolute Gasteiger partial charge is 0.375 e. The first kappa shape index (κ1) is 16.5. The van der Waals surface area contributed by atoms with Crippen molar-refractivity contribution in [2.75, 3.05) is 13.2 Å². The molecule has 1 aromatic carbocycles. The standard InChI is InChI=1S/C14H17Cl2FN2O2/c1-7(9-5-12(17)11(16)6-10(9)15)19-14(20)13-8(2)21-4-3-18-13/h5-8,13,18H,3-4H2,1-2H3,(H,19,20)/t7?,8-,13+/m1/s1. The van der Waals surface area contributed by atoms with Gasteiger partial charge in [-0.1, -0.05) is 23.2 Å². The van der Waals surface area contributed by atoms with E-state index in [1.807, 2.05) is 6.92 Å². The summed E-state index contributed by atoms with van der Waals surface area (Å²) in [5, 5.41) is 6.18. The van der Waals surface area contributed by atoms with Gasteiger partial charge in [0, 0.05) is 11.6 Å². The lowest BCUT2D eigenvalue weighted by atomic mass is 10.1. The van der Waals surface area contributed by atoms with Gasteiger partial charge in [-0.15, -0.1) is 0 Å². The maximum absolute atomic E-state index is 13.5. The van der Waals surface area contributed by atoms with E-state index in [0.29, 0.717) is 23.7 Å². The van der Waals surface area contributed by atoms with Gasteiger partial charge in [-0.25, -0.2) is 4.39 Å². The summed E-state index contributed by atoms with van der Waals surface area (Å²) < 4.78 is 19.0. The third-order valence-corrected chi connectivity index (χ3v) is 4.08. The fraction of sp³-hybridized carbons (Fsp3) is 0.500. The molecule has 1 heterocycles. The molecule has 0 saturated carbocycles. The summed E-state index contributed by atoms with van der Waals surface area (Å²) in [6, 6.07) is 1.70. The number of carbonyl (C=O) groups excluding carboxylic acids is 1. The van der Waals surface area contributed by atoms with Crippen LogP contribution in [0.4, 0.5) is 4.39 Å². The van der Waals surface area contributed by atoms with Gasteiger partial charge in [0.05, 0.1) is 23.8 Å². The zero-order chi connectivity index (χ0) is 15.6. The zero-order valence-corrected chi connectivity index (χ0v) is 13.3. The molecule has 1 amide bonds. The van der Waals surface area contributed by atoms with Crippen LogP contribution in [0.1, 0.15) is 25.5 Å². The topological polar surface area (TPSA) is 50.4 Å². The number of halogens is 3. The highest BCUT2D eigenvalue weighted by atomic mass is 35.5. The number of rotatable bonds is 3. The Hall–Kier alpha value is -0.880. The molecule has 0 aliphatic carbocycles. The van der Waals surface area contributed by atoms with Crippen molar-refractivity contribution in [1.82, 2.24) is 10.6 Å². The summed E-state index contributed by atoms with van der Waals surface area (Å²) in [5.74, 6) is -0.772. The molecule has 21 heavy (non-hydrogen) atoms. The van der Waals surface area contributed by atoms with Crippen molar-refractivity contribution in [3.05, 3.63) is 33.6 Å². The zero-order valence-electron chi connectivity index (χ0n) is 11.8. The molecule has 0 radical (unpaired) electrons. The molecule has 2 rings (SSSR count). The van der Waals surface area contributed by atoms with Gasteiger partial charge in [0.15, 0.2) is 0 Å². The Bertz CT molecular complexity index is 542. The van der Waals surface area contributed by atoms with Crippen molar-refractivity contribution in [2.24, 2.45) is 0 Å². The van der Waals surface area contributed by atoms with E-state index in [1.165, 1.54) is 12.1 Å². The molecular weight excluding hydrogens is 318 g/mol. The molecule has 0 spiro atoms. The molecule has 3 atom stereocenters. The Balaban J connectivity index is 2.08. The van der Waals surface area contributed by atoms with Crippen LogP contribution in [-0.4, -0.2) is 31.2 Å². The van der Waals surface area contributed by atoms with Gasteiger partial charge in [0.2, 0.25) is 5.91 Å². The molecule has 4 nitrogen and oxygen atoms in total. The van der Waals surface area contributed by atoms with E-state index in [0.717, 1.165) is 0 Å². The highest BCUT2D eigenvalue weighted by molar-refractivity contribution is 6.35. The van der Waals surface area contributed by atoms with Crippen molar-refractivity contribution in [2.45, 2.75) is 32.0 Å². The smallest absolute Gasteiger partial charge is 0.240 e. The molecule has 0 bridgehead atoms. The highest BCUT2D eigenvalue weighted by Crippen LogP contribution is 2.28. The molecule has 0 aromatic heterocycles. The molecule has 1 saturated heterocycles. The van der Waals surface area contributed by atoms with Crippen LogP contribution in [-0.2, 0) is 9.53 Å². The van der Waals surface area contributed by atoms with Crippen LogP contribution in [0, 0.1) is 5.82 Å². The Morgan fingerprint density at radius 3 is 2.86 bits per heavy atom. The summed E-state index contributed by atoms with van der Waals surface area (Å²) in [7, 11) is 0. The SMILES string of the molecule is CC(NC(=O)[C@H]1NCCO[C@@H]1C)c1cc(F)c(Cl)cc1Cl. The van der Waals surface area contributed by atoms with Crippen LogP contribution in [0.2, 0.25) is 10.0 Å². The van der Waals surface area contributed by atoms with E-state index >= 15 is 0 Å². The van der Waals surface area contributed by atoms with E-state index in [4.69, 9.17) is 27.9 Å². The molecule has 116 valence electrons. The third kappa shape index (κ3) is 3.86. The Morgan fingerprint density at radius 1 is 1.48 bits per heavy atom. The number of amides is 1. The fourth-order valence-electron chi connectivity index (χ4n) is 2.28. The number of benzene rings is 1. The Labute approximate surface area is 132 Å². The van der Waals surface area contributed by atoms with E-state index in [1.54, 1.807) is 6.92 Å². The predicted molar refractivity (Wildman–Crippen MR) is 80.2 cm³/mol. The number of hydrogen-bond acceptors (Lipinski definition) is 3. The second-order valence-corrected chi connectivity index (χ2v) is 5.84. The number of hydrogen-bond donors (Lipinski definition) is 2. The first-order chi connectivity index (χ1) is 9.90. The van der Waals surface area contributed by atoms with E-state index in [2.05, 4.69) is 10.6 Å². The maximum atomic E-state index is 13.5. The van der Waals surface area contributed by atoms with Crippen LogP contribution in [0.25, 0.3) is 0 Å². The maximum Gasteiger partial charge on any atom is 0.240 e. The van der Waals surface area contributed by atoms with Crippen molar-refractivity contribution in [3.8, 4) is 0 Å². The van der Waals surface area contributed by atoms with Crippen molar-refractivity contribution < 1.29 is 13.9 Å². The molecule has 1 fully saturated rings. The molecule has 7 heteroatoms. The first-order valence-electron chi connectivity index (χ1n) is 6.70. The normalized spacial score (nSPS) is 23.7. The second kappa shape index (κ2) is 6.92. The molecule has 2 N–H and O–H groups in total. The van der Waals surface area contributed by atoms with Crippen molar-refractivity contribution in [1.29, 1.82) is 0 Å². The second-order valence-electron chi connectivity index (χ2n) is 5.03. The molecule has 1 unspecified atom stereocenters. The third-order valence-electron chi connectivity index (χ3n) is 3.46. The first-order valence-corrected chi connectivity index (χ1v) is 7.45. The van der Waals surface area contributed by atoms with E-state index in [-0.39, 0.29) is 17.0 Å². The van der Waals surface area contributed by atoms with Gasteiger partial charge in [-0.3, -0.25) is 4.79 Å². The minimum Gasteiger partial charge on any atom is -0.375 e. The van der Waals surface area contributed by atoms with E-state index < -0.39 is 17.9 Å². The van der Waals surface area contributed by atoms with Gasteiger partial charge in [0.1, 0.15) is 11.9 Å². The monoisotopic (exact) mass is 334 g/mol. The van der Waals surface area contributed by atoms with Crippen molar-refractivity contribution >= 4 is 29.1 Å². The fourth-order valence-corrected chi connectivity index (χ4v) is 2.82. The van der Waals surface area contributed by atoms with Crippen LogP contribution < -0.4 is 10.6 Å². The average molecular weight is 335 g/mol. The quantitative estimate of drug-likeness (QED) is 0.835. The molecule has 1 aliphatic rings. The van der Waals surface area contributed by atoms with Gasteiger partial charge in [-0.05, 0) is 31.5 Å². The lowest BCUT2D eigenvalue weighted by Crippen LogP contribution is -2.55. The van der Waals surface area contributed by atoms with Crippen molar-refractivity contribution in [3.63, 3.8) is 0 Å². The lowest BCUT2D eigenvalue weighted by Gasteiger charge is -2.30. The summed E-state index contributed by atoms with van der Waals surface area (Å²) >= 11 is 11.7. The van der Waals surface area contributed by atoms with Gasteiger partial charge < -0.3 is 15.4 Å². The van der Waals surface area contributed by atoms with Gasteiger partial charge >= 0.3 is 0 Å². The molecular formula is C14H17Cl2FN2O2.